The van der Waals surface area contributed by atoms with Crippen molar-refractivity contribution in [1.29, 1.82) is 0 Å². The third-order valence-electron chi connectivity index (χ3n) is 4.97. The summed E-state index contributed by atoms with van der Waals surface area (Å²) < 4.78 is 6.03. The summed E-state index contributed by atoms with van der Waals surface area (Å²) in [6, 6.07) is 16.9. The molecule has 1 aliphatic carbocycles. The fraction of sp³-hybridized carbons (Fsp3) is 0.368. The Bertz CT molecular complexity index is 631. The second-order valence-corrected chi connectivity index (χ2v) is 6.91. The molecule has 1 fully saturated rings. The molecule has 1 unspecified atom stereocenters. The highest BCUT2D eigenvalue weighted by atomic mass is 16.5. The van der Waals surface area contributed by atoms with Gasteiger partial charge in [0.05, 0.1) is 6.04 Å². The Hall–Kier alpha value is -1.80. The molecular formula is C19H21NO. The zero-order chi connectivity index (χ0) is 14.4. The molecular weight excluding hydrogens is 258 g/mol. The smallest absolute Gasteiger partial charge is 0.132 e. The molecule has 0 amide bonds. The molecule has 2 aliphatic rings. The van der Waals surface area contributed by atoms with Gasteiger partial charge in [0.2, 0.25) is 0 Å². The number of nitrogens with one attached hydrogen (secondary N) is 1. The van der Waals surface area contributed by atoms with Gasteiger partial charge in [-0.25, -0.2) is 0 Å². The summed E-state index contributed by atoms with van der Waals surface area (Å²) in [5.74, 6) is 2.74. The van der Waals surface area contributed by atoms with Crippen LogP contribution in [0.25, 0.3) is 0 Å². The molecule has 2 heteroatoms. The fourth-order valence-corrected chi connectivity index (χ4v) is 3.31. The van der Waals surface area contributed by atoms with Crippen LogP contribution in [-0.2, 0) is 0 Å². The Labute approximate surface area is 126 Å². The molecule has 1 saturated carbocycles. The van der Waals surface area contributed by atoms with Gasteiger partial charge in [-0.1, -0.05) is 50.2 Å². The van der Waals surface area contributed by atoms with Crippen molar-refractivity contribution < 1.29 is 4.74 Å². The number of fused-ring (bicyclic) bond motifs is 2. The summed E-state index contributed by atoms with van der Waals surface area (Å²) in [4.78, 5) is 0. The van der Waals surface area contributed by atoms with E-state index in [2.05, 4.69) is 55.6 Å². The van der Waals surface area contributed by atoms with Crippen LogP contribution in [0.2, 0.25) is 0 Å². The van der Waals surface area contributed by atoms with Gasteiger partial charge in [0, 0.05) is 11.1 Å². The Kier molecular flexibility index (Phi) is 2.83. The molecule has 1 heterocycles. The summed E-state index contributed by atoms with van der Waals surface area (Å²) in [6.45, 7) is 5.77. The van der Waals surface area contributed by atoms with Gasteiger partial charge < -0.3 is 10.1 Å². The summed E-state index contributed by atoms with van der Waals surface area (Å²) in [5, 5.41) is 3.77. The van der Waals surface area contributed by atoms with E-state index in [1.165, 1.54) is 17.5 Å². The minimum absolute atomic E-state index is 0.238. The van der Waals surface area contributed by atoms with Crippen LogP contribution in [0.1, 0.15) is 37.4 Å². The lowest BCUT2D eigenvalue weighted by Crippen LogP contribution is -2.28. The molecule has 2 nitrogen and oxygen atoms in total. The lowest BCUT2D eigenvalue weighted by molar-refractivity contribution is 0.418. The molecule has 0 aromatic heterocycles. The van der Waals surface area contributed by atoms with E-state index in [0.717, 1.165) is 24.0 Å². The van der Waals surface area contributed by atoms with Crippen molar-refractivity contribution in [2.24, 2.45) is 11.3 Å². The van der Waals surface area contributed by atoms with Crippen molar-refractivity contribution >= 4 is 0 Å². The molecule has 0 radical (unpaired) electrons. The van der Waals surface area contributed by atoms with E-state index in [9.17, 15) is 0 Å². The average molecular weight is 279 g/mol. The van der Waals surface area contributed by atoms with E-state index in [1.54, 1.807) is 0 Å². The van der Waals surface area contributed by atoms with Gasteiger partial charge in [-0.05, 0) is 36.4 Å². The number of benzene rings is 2. The van der Waals surface area contributed by atoms with Gasteiger partial charge in [-0.15, -0.1) is 0 Å². The molecule has 4 rings (SSSR count). The molecule has 2 aromatic carbocycles. The first-order chi connectivity index (χ1) is 10.1. The van der Waals surface area contributed by atoms with Crippen molar-refractivity contribution in [3.63, 3.8) is 0 Å². The number of hydrogen-bond acceptors (Lipinski definition) is 2. The Morgan fingerprint density at radius 1 is 1.00 bits per heavy atom. The molecule has 2 aromatic rings. The molecule has 1 aliphatic heterocycles. The second kappa shape index (κ2) is 4.60. The van der Waals surface area contributed by atoms with Crippen LogP contribution in [-0.4, -0.2) is 6.54 Å². The molecule has 0 saturated heterocycles. The standard InChI is InChI=1S/C19H21NO/c1-19(2)11-13(19)12-20-18-14-7-3-5-9-16(14)21-17-10-6-4-8-15(17)18/h3-10,13,18,20H,11-12H2,1-2H3. The summed E-state index contributed by atoms with van der Waals surface area (Å²) in [6.07, 6.45) is 1.33. The zero-order valence-electron chi connectivity index (χ0n) is 12.6. The largest absolute Gasteiger partial charge is 0.457 e. The lowest BCUT2D eigenvalue weighted by Gasteiger charge is -2.29. The molecule has 1 N–H and O–H groups in total. The Morgan fingerprint density at radius 2 is 1.52 bits per heavy atom. The number of rotatable bonds is 3. The molecule has 0 bridgehead atoms. The van der Waals surface area contributed by atoms with Crippen LogP contribution in [0.3, 0.4) is 0 Å². The SMILES string of the molecule is CC1(C)CC1CNC1c2ccccc2Oc2ccccc21. The molecule has 1 atom stereocenters. The van der Waals surface area contributed by atoms with E-state index >= 15 is 0 Å². The number of para-hydroxylation sites is 2. The predicted molar refractivity (Wildman–Crippen MR) is 84.7 cm³/mol. The third kappa shape index (κ3) is 2.24. The first-order valence-corrected chi connectivity index (χ1v) is 7.74. The van der Waals surface area contributed by atoms with Crippen LogP contribution in [0.15, 0.2) is 48.5 Å². The van der Waals surface area contributed by atoms with E-state index in [1.807, 2.05) is 12.1 Å². The van der Waals surface area contributed by atoms with Gasteiger partial charge in [-0.2, -0.15) is 0 Å². The first-order valence-electron chi connectivity index (χ1n) is 7.74. The van der Waals surface area contributed by atoms with Crippen molar-refractivity contribution in [1.82, 2.24) is 5.32 Å². The van der Waals surface area contributed by atoms with Gasteiger partial charge in [0.15, 0.2) is 0 Å². The van der Waals surface area contributed by atoms with Crippen LogP contribution in [0, 0.1) is 11.3 Å². The Balaban J connectivity index is 1.65. The minimum Gasteiger partial charge on any atom is -0.457 e. The maximum atomic E-state index is 6.03. The van der Waals surface area contributed by atoms with E-state index < -0.39 is 0 Å². The highest BCUT2D eigenvalue weighted by Crippen LogP contribution is 2.51. The summed E-state index contributed by atoms with van der Waals surface area (Å²) >= 11 is 0. The van der Waals surface area contributed by atoms with Gasteiger partial charge in [0.25, 0.3) is 0 Å². The zero-order valence-corrected chi connectivity index (χ0v) is 12.6. The van der Waals surface area contributed by atoms with E-state index in [-0.39, 0.29) is 6.04 Å². The number of hydrogen-bond donors (Lipinski definition) is 1. The third-order valence-corrected chi connectivity index (χ3v) is 4.97. The van der Waals surface area contributed by atoms with Crippen LogP contribution < -0.4 is 10.1 Å². The van der Waals surface area contributed by atoms with Crippen molar-refractivity contribution in [2.75, 3.05) is 6.54 Å². The number of ether oxygens (including phenoxy) is 1. The van der Waals surface area contributed by atoms with Gasteiger partial charge in [0.1, 0.15) is 11.5 Å². The Morgan fingerprint density at radius 3 is 2.05 bits per heavy atom. The van der Waals surface area contributed by atoms with Crippen LogP contribution in [0.4, 0.5) is 0 Å². The first kappa shape index (κ1) is 12.9. The van der Waals surface area contributed by atoms with Gasteiger partial charge >= 0.3 is 0 Å². The van der Waals surface area contributed by atoms with Crippen molar-refractivity contribution in [3.05, 3.63) is 59.7 Å². The average Bonchev–Trinajstić information content (AvgIpc) is 3.10. The van der Waals surface area contributed by atoms with Crippen molar-refractivity contribution in [2.45, 2.75) is 26.3 Å². The summed E-state index contributed by atoms with van der Waals surface area (Å²) in [5.41, 5.74) is 3.00. The molecule has 108 valence electrons. The maximum Gasteiger partial charge on any atom is 0.132 e. The van der Waals surface area contributed by atoms with Crippen LogP contribution in [0.5, 0.6) is 11.5 Å². The van der Waals surface area contributed by atoms with E-state index in [4.69, 9.17) is 4.74 Å². The minimum atomic E-state index is 0.238. The summed E-state index contributed by atoms with van der Waals surface area (Å²) in [7, 11) is 0. The molecule has 0 spiro atoms. The fourth-order valence-electron chi connectivity index (χ4n) is 3.31. The normalized spacial score (nSPS) is 22.1. The second-order valence-electron chi connectivity index (χ2n) is 6.91. The quantitative estimate of drug-likeness (QED) is 0.892. The van der Waals surface area contributed by atoms with Crippen LogP contribution >= 0.6 is 0 Å². The lowest BCUT2D eigenvalue weighted by atomic mass is 9.94. The van der Waals surface area contributed by atoms with E-state index in [0.29, 0.717) is 5.41 Å². The maximum absolute atomic E-state index is 6.03. The highest BCUT2D eigenvalue weighted by Gasteiger charge is 2.45. The predicted octanol–water partition coefficient (Wildman–Crippen LogP) is 4.52. The molecule has 21 heavy (non-hydrogen) atoms. The monoisotopic (exact) mass is 279 g/mol. The highest BCUT2D eigenvalue weighted by molar-refractivity contribution is 5.52. The topological polar surface area (TPSA) is 21.3 Å². The van der Waals surface area contributed by atoms with Crippen molar-refractivity contribution in [3.8, 4) is 11.5 Å². The van der Waals surface area contributed by atoms with Gasteiger partial charge in [-0.3, -0.25) is 0 Å².